The van der Waals surface area contributed by atoms with Crippen LogP contribution >= 0.6 is 0 Å². The topological polar surface area (TPSA) is 34.1 Å². The molecule has 172 valence electrons. The average molecular weight is 425 g/mol. The predicted octanol–water partition coefficient (Wildman–Crippen LogP) is 7.02. The minimum absolute atomic E-state index is 0.0751. The molecule has 0 amide bonds. The van der Waals surface area contributed by atoms with E-state index in [1.165, 1.54) is 44.0 Å². The summed E-state index contributed by atoms with van der Waals surface area (Å²) in [6.07, 6.45) is 12.9. The molecule has 2 heteroatoms. The van der Waals surface area contributed by atoms with Crippen molar-refractivity contribution in [1.82, 2.24) is 0 Å². The Morgan fingerprint density at radius 1 is 0.903 bits per heavy atom. The molecular formula is C29H44O2. The third kappa shape index (κ3) is 2.69. The molecule has 0 bridgehead atoms. The van der Waals surface area contributed by atoms with Crippen LogP contribution < -0.4 is 0 Å². The van der Waals surface area contributed by atoms with E-state index in [1.54, 1.807) is 0 Å². The molecule has 0 heterocycles. The highest BCUT2D eigenvalue weighted by molar-refractivity contribution is 5.85. The number of fused-ring (bicyclic) bond motifs is 7. The zero-order valence-electron chi connectivity index (χ0n) is 20.6. The second-order valence-corrected chi connectivity index (χ2v) is 13.6. The van der Waals surface area contributed by atoms with Crippen molar-refractivity contribution in [3.63, 3.8) is 0 Å². The maximum Gasteiger partial charge on any atom is 0.138 e. The van der Waals surface area contributed by atoms with Crippen LogP contribution in [0, 0.1) is 57.2 Å². The number of hydrogen-bond acceptors (Lipinski definition) is 2. The van der Waals surface area contributed by atoms with Crippen LogP contribution in [0.1, 0.15) is 98.8 Å². The summed E-state index contributed by atoms with van der Waals surface area (Å²) in [5.74, 6) is 4.23. The van der Waals surface area contributed by atoms with Gasteiger partial charge in [-0.1, -0.05) is 39.8 Å². The molecule has 5 aliphatic rings. The zero-order chi connectivity index (χ0) is 22.4. The third-order valence-electron chi connectivity index (χ3n) is 12.3. The van der Waals surface area contributed by atoms with E-state index in [0.29, 0.717) is 34.9 Å². The van der Waals surface area contributed by atoms with E-state index < -0.39 is 0 Å². The molecule has 0 aliphatic heterocycles. The van der Waals surface area contributed by atoms with Crippen LogP contribution in [0.4, 0.5) is 0 Å². The molecule has 5 aliphatic carbocycles. The monoisotopic (exact) mass is 424 g/mol. The number of allylic oxidation sites excluding steroid dienone is 1. The Kier molecular flexibility index (Phi) is 4.80. The molecule has 9 atom stereocenters. The molecule has 0 saturated heterocycles. The highest BCUT2D eigenvalue weighted by Crippen LogP contribution is 2.73. The van der Waals surface area contributed by atoms with Crippen molar-refractivity contribution in [2.45, 2.75) is 98.8 Å². The Morgan fingerprint density at radius 2 is 1.61 bits per heavy atom. The van der Waals surface area contributed by atoms with Gasteiger partial charge in [0.15, 0.2) is 0 Å². The second kappa shape index (κ2) is 6.80. The first kappa shape index (κ1) is 21.9. The first-order valence-electron chi connectivity index (χ1n) is 13.2. The van der Waals surface area contributed by atoms with Crippen molar-refractivity contribution in [3.05, 3.63) is 12.2 Å². The van der Waals surface area contributed by atoms with Gasteiger partial charge in [0.25, 0.3) is 0 Å². The largest absolute Gasteiger partial charge is 0.303 e. The lowest BCUT2D eigenvalue weighted by Gasteiger charge is -2.68. The van der Waals surface area contributed by atoms with Crippen molar-refractivity contribution in [1.29, 1.82) is 0 Å². The van der Waals surface area contributed by atoms with Gasteiger partial charge in [-0.05, 0) is 111 Å². The summed E-state index contributed by atoms with van der Waals surface area (Å²) in [5, 5.41) is 0. The summed E-state index contributed by atoms with van der Waals surface area (Å²) in [6.45, 7) is 16.2. The van der Waals surface area contributed by atoms with Crippen LogP contribution in [-0.2, 0) is 9.59 Å². The van der Waals surface area contributed by atoms with Gasteiger partial charge in [-0.3, -0.25) is 4.79 Å². The number of Topliss-reactive ketones (excluding diaryl/α,β-unsaturated/α-hetero) is 1. The Bertz CT molecular complexity index is 810. The number of carbonyl (C=O) groups is 2. The van der Waals surface area contributed by atoms with E-state index in [9.17, 15) is 9.59 Å². The molecule has 5 rings (SSSR count). The highest BCUT2D eigenvalue weighted by Gasteiger charge is 2.67. The molecule has 0 aromatic carbocycles. The molecule has 0 aromatic heterocycles. The summed E-state index contributed by atoms with van der Waals surface area (Å²) in [5.41, 5.74) is 1.72. The number of carbonyl (C=O) groups excluding carboxylic acids is 2. The van der Waals surface area contributed by atoms with Crippen LogP contribution in [0.15, 0.2) is 12.2 Å². The van der Waals surface area contributed by atoms with E-state index >= 15 is 0 Å². The van der Waals surface area contributed by atoms with Gasteiger partial charge in [-0.25, -0.2) is 0 Å². The lowest BCUT2D eigenvalue weighted by atomic mass is 9.36. The molecular weight excluding hydrogens is 380 g/mol. The van der Waals surface area contributed by atoms with Crippen LogP contribution in [0.3, 0.4) is 0 Å². The minimum atomic E-state index is -0.166. The van der Waals surface area contributed by atoms with E-state index in [0.717, 1.165) is 43.9 Å². The van der Waals surface area contributed by atoms with Gasteiger partial charge in [0.2, 0.25) is 0 Å². The fourth-order valence-corrected chi connectivity index (χ4v) is 10.9. The molecule has 0 aromatic rings. The van der Waals surface area contributed by atoms with Crippen LogP contribution in [0.2, 0.25) is 0 Å². The van der Waals surface area contributed by atoms with Crippen molar-refractivity contribution >= 4 is 12.1 Å². The van der Waals surface area contributed by atoms with E-state index in [2.05, 4.69) is 41.2 Å². The van der Waals surface area contributed by atoms with E-state index in [1.807, 2.05) is 0 Å². The predicted molar refractivity (Wildman–Crippen MR) is 125 cm³/mol. The summed E-state index contributed by atoms with van der Waals surface area (Å²) in [4.78, 5) is 25.3. The Hall–Kier alpha value is -0.920. The molecule has 5 saturated carbocycles. The maximum absolute atomic E-state index is 12.8. The lowest BCUT2D eigenvalue weighted by Crippen LogP contribution is -2.62. The summed E-state index contributed by atoms with van der Waals surface area (Å²) >= 11 is 0. The fourth-order valence-electron chi connectivity index (χ4n) is 10.9. The molecule has 6 unspecified atom stereocenters. The van der Waals surface area contributed by atoms with Crippen LogP contribution in [-0.4, -0.2) is 12.1 Å². The van der Waals surface area contributed by atoms with E-state index in [4.69, 9.17) is 0 Å². The Morgan fingerprint density at radius 3 is 2.29 bits per heavy atom. The van der Waals surface area contributed by atoms with Gasteiger partial charge in [0.1, 0.15) is 12.1 Å². The molecule has 0 N–H and O–H groups in total. The van der Waals surface area contributed by atoms with Gasteiger partial charge in [0, 0.05) is 17.3 Å². The average Bonchev–Trinajstić information content (AvgIpc) is 3.11. The maximum atomic E-state index is 12.8. The smallest absolute Gasteiger partial charge is 0.138 e. The van der Waals surface area contributed by atoms with Crippen molar-refractivity contribution < 1.29 is 9.59 Å². The van der Waals surface area contributed by atoms with Gasteiger partial charge in [0.05, 0.1) is 0 Å². The summed E-state index contributed by atoms with van der Waals surface area (Å²) < 4.78 is 0. The van der Waals surface area contributed by atoms with E-state index in [-0.39, 0.29) is 16.2 Å². The molecule has 0 spiro atoms. The number of aldehydes is 1. The second-order valence-electron chi connectivity index (χ2n) is 13.6. The van der Waals surface area contributed by atoms with Gasteiger partial charge < -0.3 is 4.79 Å². The normalized spacial score (nSPS) is 53.0. The standard InChI is InChI=1S/C29H44O2/c1-18(2)19-9-15-29(17-30)16-10-21-20(25(19)29)7-8-23-27(21,5)13-11-22-26(3,4)24(31)12-14-28(22,23)6/h17,19-23,25H,1,7-16H2,2-6H3/t19?,20-,21?,22?,23?,25?,27-,28-,29?/m0/s1. The minimum Gasteiger partial charge on any atom is -0.303 e. The summed E-state index contributed by atoms with van der Waals surface area (Å²) in [6, 6.07) is 0. The van der Waals surface area contributed by atoms with Gasteiger partial charge in [-0.15, -0.1) is 0 Å². The zero-order valence-corrected chi connectivity index (χ0v) is 20.6. The Labute approximate surface area is 190 Å². The SMILES string of the molecule is C=C(C)C1CCC2(C=O)CCC3[C@H](CCC4[C@@]3(C)CCC3C(C)(C)C(=O)CC[C@@]34C)C12. The molecule has 31 heavy (non-hydrogen) atoms. The van der Waals surface area contributed by atoms with Gasteiger partial charge >= 0.3 is 0 Å². The quantitative estimate of drug-likeness (QED) is 0.352. The first-order chi connectivity index (χ1) is 14.5. The third-order valence-corrected chi connectivity index (χ3v) is 12.3. The lowest BCUT2D eigenvalue weighted by molar-refractivity contribution is -0.197. The number of rotatable bonds is 2. The Balaban J connectivity index is 1.51. The first-order valence-corrected chi connectivity index (χ1v) is 13.2. The van der Waals surface area contributed by atoms with Crippen molar-refractivity contribution in [2.75, 3.05) is 0 Å². The number of hydrogen-bond donors (Lipinski definition) is 0. The van der Waals surface area contributed by atoms with Crippen LogP contribution in [0.25, 0.3) is 0 Å². The number of ketones is 1. The van der Waals surface area contributed by atoms with Gasteiger partial charge in [-0.2, -0.15) is 0 Å². The molecule has 2 nitrogen and oxygen atoms in total. The summed E-state index contributed by atoms with van der Waals surface area (Å²) in [7, 11) is 0. The highest BCUT2D eigenvalue weighted by atomic mass is 16.1. The van der Waals surface area contributed by atoms with Crippen molar-refractivity contribution in [3.8, 4) is 0 Å². The van der Waals surface area contributed by atoms with Crippen molar-refractivity contribution in [2.24, 2.45) is 57.2 Å². The molecule has 5 fully saturated rings. The fraction of sp³-hybridized carbons (Fsp3) is 0.862. The molecule has 0 radical (unpaired) electrons. The van der Waals surface area contributed by atoms with Crippen LogP contribution in [0.5, 0.6) is 0 Å².